The van der Waals surface area contributed by atoms with Gasteiger partial charge in [-0.25, -0.2) is 13.4 Å². The van der Waals surface area contributed by atoms with Crippen LogP contribution in [0.4, 0.5) is 11.4 Å². The molecule has 2 aromatic rings. The number of aromatic nitrogens is 2. The summed E-state index contributed by atoms with van der Waals surface area (Å²) < 4.78 is 32.7. The first-order chi connectivity index (χ1) is 14.4. The van der Waals surface area contributed by atoms with Gasteiger partial charge in [-0.05, 0) is 31.5 Å². The van der Waals surface area contributed by atoms with Gasteiger partial charge in [0.05, 0.1) is 41.4 Å². The number of aryl methyl sites for hydroxylation is 1. The summed E-state index contributed by atoms with van der Waals surface area (Å²) >= 11 is 0. The Hall–Kier alpha value is -2.56. The van der Waals surface area contributed by atoms with E-state index < -0.39 is 15.9 Å². The number of unbranched alkanes of at least 4 members (excludes halogenated alkanes) is 1. The molecular weight excluding hydrogens is 406 g/mol. The van der Waals surface area contributed by atoms with E-state index in [1.807, 2.05) is 0 Å². The van der Waals surface area contributed by atoms with E-state index in [1.165, 1.54) is 22.8 Å². The monoisotopic (exact) mass is 433 g/mol. The summed E-state index contributed by atoms with van der Waals surface area (Å²) in [5.41, 5.74) is 1.89. The van der Waals surface area contributed by atoms with Gasteiger partial charge in [0.15, 0.2) is 0 Å². The van der Waals surface area contributed by atoms with Crippen molar-refractivity contribution in [2.75, 3.05) is 43.5 Å². The van der Waals surface area contributed by atoms with E-state index in [0.717, 1.165) is 12.8 Å². The summed E-state index contributed by atoms with van der Waals surface area (Å²) in [6, 6.07) is 4.72. The van der Waals surface area contributed by atoms with E-state index in [1.54, 1.807) is 19.1 Å². The van der Waals surface area contributed by atoms with Crippen molar-refractivity contribution in [1.29, 1.82) is 0 Å². The summed E-state index contributed by atoms with van der Waals surface area (Å²) in [7, 11) is -3.69. The van der Waals surface area contributed by atoms with Crippen LogP contribution in [-0.2, 0) is 14.8 Å². The van der Waals surface area contributed by atoms with Crippen LogP contribution in [0.3, 0.4) is 0 Å². The highest BCUT2D eigenvalue weighted by Gasteiger charge is 2.27. The van der Waals surface area contributed by atoms with Crippen molar-refractivity contribution >= 4 is 27.3 Å². The molecule has 1 fully saturated rings. The van der Waals surface area contributed by atoms with E-state index in [2.05, 4.69) is 27.5 Å². The normalized spacial score (nSPS) is 15.0. The van der Waals surface area contributed by atoms with Gasteiger partial charge in [-0.15, -0.1) is 0 Å². The minimum absolute atomic E-state index is 0.121. The molecule has 0 atom stereocenters. The lowest BCUT2D eigenvalue weighted by Crippen LogP contribution is -2.40. The number of benzene rings is 1. The number of hydrogen-bond donors (Lipinski definition) is 2. The maximum atomic E-state index is 13.0. The van der Waals surface area contributed by atoms with Crippen molar-refractivity contribution in [2.24, 2.45) is 0 Å². The van der Waals surface area contributed by atoms with Crippen LogP contribution in [0, 0.1) is 6.92 Å². The van der Waals surface area contributed by atoms with E-state index in [-0.39, 0.29) is 10.6 Å². The number of nitrogens with zero attached hydrogens (tertiary/aromatic N) is 3. The van der Waals surface area contributed by atoms with Gasteiger partial charge in [0.25, 0.3) is 5.91 Å². The fourth-order valence-corrected chi connectivity index (χ4v) is 4.41. The summed E-state index contributed by atoms with van der Waals surface area (Å²) in [5.74, 6) is -0.457. The summed E-state index contributed by atoms with van der Waals surface area (Å²) in [4.78, 5) is 21.0. The average Bonchev–Trinajstić information content (AvgIpc) is 2.76. The third kappa shape index (κ3) is 5.32. The quantitative estimate of drug-likeness (QED) is 0.614. The van der Waals surface area contributed by atoms with Crippen LogP contribution in [0.1, 0.15) is 35.9 Å². The zero-order valence-electron chi connectivity index (χ0n) is 17.2. The maximum Gasteiger partial charge on any atom is 0.275 e. The van der Waals surface area contributed by atoms with E-state index in [4.69, 9.17) is 4.74 Å². The van der Waals surface area contributed by atoms with E-state index >= 15 is 0 Å². The van der Waals surface area contributed by atoms with Gasteiger partial charge in [-0.3, -0.25) is 9.78 Å². The largest absolute Gasteiger partial charge is 0.383 e. The fraction of sp³-hybridized carbons (Fsp3) is 0.450. The molecule has 30 heavy (non-hydrogen) atoms. The highest BCUT2D eigenvalue weighted by Crippen LogP contribution is 2.28. The number of hydrogen-bond acceptors (Lipinski definition) is 7. The SMILES string of the molecule is CCCCNc1ccc(S(=O)(=O)N2CCOCC2)cc1NC(=O)c1cnc(C)cn1. The molecule has 0 bridgehead atoms. The Kier molecular flexibility index (Phi) is 7.35. The summed E-state index contributed by atoms with van der Waals surface area (Å²) in [6.45, 7) is 5.91. The molecule has 10 heteroatoms. The first-order valence-electron chi connectivity index (χ1n) is 9.97. The number of morpholine rings is 1. The molecule has 0 radical (unpaired) electrons. The Labute approximate surface area is 176 Å². The molecule has 1 aliphatic heterocycles. The van der Waals surface area contributed by atoms with E-state index in [0.29, 0.717) is 49.9 Å². The van der Waals surface area contributed by atoms with Crippen LogP contribution in [0.25, 0.3) is 0 Å². The Morgan fingerprint density at radius 2 is 1.93 bits per heavy atom. The molecule has 2 heterocycles. The second-order valence-corrected chi connectivity index (χ2v) is 8.94. The van der Waals surface area contributed by atoms with Gasteiger partial charge in [0, 0.05) is 25.8 Å². The van der Waals surface area contributed by atoms with Crippen molar-refractivity contribution in [3.63, 3.8) is 0 Å². The first-order valence-corrected chi connectivity index (χ1v) is 11.4. The second-order valence-electron chi connectivity index (χ2n) is 7.00. The summed E-state index contributed by atoms with van der Waals surface area (Å²) in [5, 5.41) is 6.04. The number of ether oxygens (including phenoxy) is 1. The molecule has 1 aromatic heterocycles. The number of amides is 1. The van der Waals surface area contributed by atoms with Crippen LogP contribution >= 0.6 is 0 Å². The number of sulfonamides is 1. The second kappa shape index (κ2) is 9.96. The molecule has 1 saturated heterocycles. The molecule has 9 nitrogen and oxygen atoms in total. The van der Waals surface area contributed by atoms with Crippen LogP contribution in [0.2, 0.25) is 0 Å². The Bertz CT molecular complexity index is 973. The minimum Gasteiger partial charge on any atom is -0.383 e. The molecular formula is C20H27N5O4S. The standard InChI is InChI=1S/C20H27N5O4S/c1-3-4-7-21-17-6-5-16(30(27,28)25-8-10-29-11-9-25)12-18(17)24-20(26)19-14-22-15(2)13-23-19/h5-6,12-14,21H,3-4,7-11H2,1-2H3,(H,24,26). The van der Waals surface area contributed by atoms with Crippen LogP contribution in [0.5, 0.6) is 0 Å². The number of nitrogens with one attached hydrogen (secondary N) is 2. The zero-order valence-corrected chi connectivity index (χ0v) is 18.0. The lowest BCUT2D eigenvalue weighted by molar-refractivity contribution is 0.0730. The predicted octanol–water partition coefficient (Wildman–Crippen LogP) is 2.27. The maximum absolute atomic E-state index is 13.0. The molecule has 0 unspecified atom stereocenters. The smallest absolute Gasteiger partial charge is 0.275 e. The van der Waals surface area contributed by atoms with Crippen molar-refractivity contribution in [3.05, 3.63) is 42.0 Å². The van der Waals surface area contributed by atoms with Crippen molar-refractivity contribution in [2.45, 2.75) is 31.6 Å². The van der Waals surface area contributed by atoms with Crippen LogP contribution < -0.4 is 10.6 Å². The Balaban J connectivity index is 1.89. The van der Waals surface area contributed by atoms with Gasteiger partial charge < -0.3 is 15.4 Å². The number of carbonyl (C=O) groups is 1. The molecule has 2 N–H and O–H groups in total. The van der Waals surface area contributed by atoms with Crippen LogP contribution in [-0.4, -0.2) is 61.4 Å². The number of anilines is 2. The van der Waals surface area contributed by atoms with Gasteiger partial charge in [0.2, 0.25) is 10.0 Å². The topological polar surface area (TPSA) is 114 Å². The van der Waals surface area contributed by atoms with Gasteiger partial charge in [0.1, 0.15) is 5.69 Å². The highest BCUT2D eigenvalue weighted by molar-refractivity contribution is 7.89. The summed E-state index contributed by atoms with van der Waals surface area (Å²) in [6.07, 6.45) is 4.86. The predicted molar refractivity (Wildman–Crippen MR) is 114 cm³/mol. The molecule has 1 aromatic carbocycles. The highest BCUT2D eigenvalue weighted by atomic mass is 32.2. The molecule has 0 aliphatic carbocycles. The van der Waals surface area contributed by atoms with Gasteiger partial charge in [-0.2, -0.15) is 4.31 Å². The average molecular weight is 434 g/mol. The molecule has 0 spiro atoms. The molecule has 1 amide bonds. The Morgan fingerprint density at radius 3 is 2.60 bits per heavy atom. The lowest BCUT2D eigenvalue weighted by Gasteiger charge is -2.26. The van der Waals surface area contributed by atoms with Gasteiger partial charge >= 0.3 is 0 Å². The van der Waals surface area contributed by atoms with Gasteiger partial charge in [-0.1, -0.05) is 13.3 Å². The number of carbonyl (C=O) groups excluding carboxylic acids is 1. The molecule has 1 aliphatic rings. The van der Waals surface area contributed by atoms with E-state index in [9.17, 15) is 13.2 Å². The van der Waals surface area contributed by atoms with Crippen molar-refractivity contribution < 1.29 is 17.9 Å². The van der Waals surface area contributed by atoms with Crippen molar-refractivity contribution in [1.82, 2.24) is 14.3 Å². The third-order valence-electron chi connectivity index (χ3n) is 4.71. The molecule has 0 saturated carbocycles. The molecule has 162 valence electrons. The van der Waals surface area contributed by atoms with Crippen LogP contribution in [0.15, 0.2) is 35.5 Å². The lowest BCUT2D eigenvalue weighted by atomic mass is 10.2. The Morgan fingerprint density at radius 1 is 1.17 bits per heavy atom. The minimum atomic E-state index is -3.69. The fourth-order valence-electron chi connectivity index (χ4n) is 2.97. The first kappa shape index (κ1) is 22.1. The number of rotatable bonds is 8. The third-order valence-corrected chi connectivity index (χ3v) is 6.60. The van der Waals surface area contributed by atoms with Crippen molar-refractivity contribution in [3.8, 4) is 0 Å². The zero-order chi connectivity index (χ0) is 21.6. The molecule has 3 rings (SSSR count).